The van der Waals surface area contributed by atoms with Crippen molar-refractivity contribution in [1.82, 2.24) is 9.99 Å². The first-order valence-electron chi connectivity index (χ1n) is 9.62. The molecule has 4 nitrogen and oxygen atoms in total. The molecule has 0 saturated carbocycles. The van der Waals surface area contributed by atoms with E-state index in [0.717, 1.165) is 33.4 Å². The van der Waals surface area contributed by atoms with Crippen LogP contribution in [0.15, 0.2) is 77.9 Å². The molecule has 0 unspecified atom stereocenters. The number of aryl methyl sites for hydroxylation is 2. The van der Waals surface area contributed by atoms with Gasteiger partial charge in [0, 0.05) is 28.2 Å². The van der Waals surface area contributed by atoms with Crippen LogP contribution in [0.5, 0.6) is 0 Å². The first-order valence-corrected chi connectivity index (χ1v) is 9.62. The van der Waals surface area contributed by atoms with Crippen molar-refractivity contribution in [3.8, 4) is 5.69 Å². The smallest absolute Gasteiger partial charge is 0.271 e. The number of benzene rings is 3. The average molecular weight is 381 g/mol. The Kier molecular flexibility index (Phi) is 5.00. The van der Waals surface area contributed by atoms with E-state index in [2.05, 4.69) is 66.2 Å². The average Bonchev–Trinajstić information content (AvgIpc) is 3.01. The third kappa shape index (κ3) is 3.69. The molecule has 3 aromatic carbocycles. The fourth-order valence-electron chi connectivity index (χ4n) is 3.65. The lowest BCUT2D eigenvalue weighted by atomic mass is 10.0. The molecule has 0 spiro atoms. The Bertz CT molecular complexity index is 1210. The van der Waals surface area contributed by atoms with E-state index in [1.807, 2.05) is 42.5 Å². The zero-order valence-electron chi connectivity index (χ0n) is 16.8. The molecule has 4 rings (SSSR count). The Morgan fingerprint density at radius 1 is 0.931 bits per heavy atom. The molecule has 4 heteroatoms. The summed E-state index contributed by atoms with van der Waals surface area (Å²) in [6.45, 7) is 6.20. The van der Waals surface area contributed by atoms with E-state index in [1.165, 1.54) is 5.56 Å². The molecule has 0 atom stereocenters. The van der Waals surface area contributed by atoms with Crippen LogP contribution in [0.25, 0.3) is 16.5 Å². The molecule has 0 aliphatic carbocycles. The zero-order valence-corrected chi connectivity index (χ0v) is 16.8. The van der Waals surface area contributed by atoms with Crippen LogP contribution in [-0.4, -0.2) is 16.7 Å². The summed E-state index contributed by atoms with van der Waals surface area (Å²) in [7, 11) is 0. The monoisotopic (exact) mass is 381 g/mol. The zero-order chi connectivity index (χ0) is 20.4. The van der Waals surface area contributed by atoms with Gasteiger partial charge in [-0.15, -0.1) is 0 Å². The summed E-state index contributed by atoms with van der Waals surface area (Å²) >= 11 is 0. The Labute approximate surface area is 170 Å². The predicted molar refractivity (Wildman–Crippen MR) is 119 cm³/mol. The van der Waals surface area contributed by atoms with Crippen LogP contribution in [0, 0.1) is 20.8 Å². The molecule has 0 fully saturated rings. The summed E-state index contributed by atoms with van der Waals surface area (Å²) in [6.07, 6.45) is 1.70. The van der Waals surface area contributed by atoms with E-state index in [9.17, 15) is 4.79 Å². The van der Waals surface area contributed by atoms with Gasteiger partial charge < -0.3 is 4.57 Å². The van der Waals surface area contributed by atoms with Crippen LogP contribution in [-0.2, 0) is 0 Å². The van der Waals surface area contributed by atoms with Gasteiger partial charge in [-0.05, 0) is 55.8 Å². The highest BCUT2D eigenvalue weighted by atomic mass is 16.2. The van der Waals surface area contributed by atoms with E-state index < -0.39 is 0 Å². The third-order valence-electron chi connectivity index (χ3n) is 5.17. The second kappa shape index (κ2) is 7.76. The number of fused-ring (bicyclic) bond motifs is 1. The molecule has 0 aliphatic rings. The van der Waals surface area contributed by atoms with Gasteiger partial charge in [0.2, 0.25) is 0 Å². The van der Waals surface area contributed by atoms with Gasteiger partial charge in [-0.1, -0.05) is 54.1 Å². The molecule has 4 aromatic rings. The van der Waals surface area contributed by atoms with Gasteiger partial charge in [0.15, 0.2) is 0 Å². The third-order valence-corrected chi connectivity index (χ3v) is 5.17. The van der Waals surface area contributed by atoms with Gasteiger partial charge in [-0.2, -0.15) is 5.10 Å². The molecule has 0 radical (unpaired) electrons. The van der Waals surface area contributed by atoms with Crippen LogP contribution < -0.4 is 5.43 Å². The molecular formula is C25H23N3O. The maximum absolute atomic E-state index is 12.6. The molecule has 1 amide bonds. The highest BCUT2D eigenvalue weighted by molar-refractivity contribution is 6.07. The fraction of sp³-hybridized carbons (Fsp3) is 0.120. The molecule has 1 N–H and O–H groups in total. The van der Waals surface area contributed by atoms with Crippen molar-refractivity contribution < 1.29 is 4.79 Å². The summed E-state index contributed by atoms with van der Waals surface area (Å²) < 4.78 is 2.19. The van der Waals surface area contributed by atoms with E-state index in [1.54, 1.807) is 6.21 Å². The summed E-state index contributed by atoms with van der Waals surface area (Å²) in [6, 6.07) is 24.0. The SMILES string of the molecule is Cc1ccc(-n2c(C)cc(/C=N\NC(=O)c3cccc4ccccc34)c2C)cc1. The summed E-state index contributed by atoms with van der Waals surface area (Å²) in [4.78, 5) is 12.6. The highest BCUT2D eigenvalue weighted by Gasteiger charge is 2.11. The molecule has 1 heterocycles. The van der Waals surface area contributed by atoms with Gasteiger partial charge in [0.05, 0.1) is 6.21 Å². The van der Waals surface area contributed by atoms with Crippen LogP contribution >= 0.6 is 0 Å². The van der Waals surface area contributed by atoms with Gasteiger partial charge in [0.25, 0.3) is 5.91 Å². The summed E-state index contributed by atoms with van der Waals surface area (Å²) in [5, 5.41) is 6.16. The second-order valence-corrected chi connectivity index (χ2v) is 7.22. The number of amides is 1. The van der Waals surface area contributed by atoms with Crippen molar-refractivity contribution in [1.29, 1.82) is 0 Å². The number of rotatable bonds is 4. The minimum absolute atomic E-state index is 0.217. The maximum atomic E-state index is 12.6. The van der Waals surface area contributed by atoms with Crippen molar-refractivity contribution in [3.63, 3.8) is 0 Å². The molecule has 144 valence electrons. The van der Waals surface area contributed by atoms with Crippen molar-refractivity contribution >= 4 is 22.9 Å². The summed E-state index contributed by atoms with van der Waals surface area (Å²) in [5.74, 6) is -0.217. The molecule has 1 aromatic heterocycles. The second-order valence-electron chi connectivity index (χ2n) is 7.22. The Morgan fingerprint density at radius 2 is 1.66 bits per heavy atom. The summed E-state index contributed by atoms with van der Waals surface area (Å²) in [5.41, 5.74) is 8.80. The Balaban J connectivity index is 1.56. The number of carbonyl (C=O) groups is 1. The molecule has 0 bridgehead atoms. The number of nitrogens with one attached hydrogen (secondary N) is 1. The van der Waals surface area contributed by atoms with Gasteiger partial charge >= 0.3 is 0 Å². The van der Waals surface area contributed by atoms with Gasteiger partial charge in [0.1, 0.15) is 0 Å². The Morgan fingerprint density at radius 3 is 2.45 bits per heavy atom. The van der Waals surface area contributed by atoms with Crippen molar-refractivity contribution in [3.05, 3.63) is 101 Å². The molecule has 0 aliphatic heterocycles. The highest BCUT2D eigenvalue weighted by Crippen LogP contribution is 2.21. The fourth-order valence-corrected chi connectivity index (χ4v) is 3.65. The van der Waals surface area contributed by atoms with Crippen molar-refractivity contribution in [2.24, 2.45) is 5.10 Å². The number of carbonyl (C=O) groups excluding carboxylic acids is 1. The van der Waals surface area contributed by atoms with Crippen LogP contribution in [0.2, 0.25) is 0 Å². The van der Waals surface area contributed by atoms with E-state index >= 15 is 0 Å². The van der Waals surface area contributed by atoms with Crippen molar-refractivity contribution in [2.45, 2.75) is 20.8 Å². The first-order chi connectivity index (χ1) is 14.0. The van der Waals surface area contributed by atoms with E-state index in [4.69, 9.17) is 0 Å². The van der Waals surface area contributed by atoms with Gasteiger partial charge in [-0.25, -0.2) is 5.43 Å². The quantitative estimate of drug-likeness (QED) is 0.377. The lowest BCUT2D eigenvalue weighted by molar-refractivity contribution is 0.0957. The van der Waals surface area contributed by atoms with Crippen LogP contribution in [0.1, 0.15) is 32.9 Å². The van der Waals surface area contributed by atoms with Crippen LogP contribution in [0.4, 0.5) is 0 Å². The van der Waals surface area contributed by atoms with E-state index in [-0.39, 0.29) is 5.91 Å². The van der Waals surface area contributed by atoms with Crippen LogP contribution in [0.3, 0.4) is 0 Å². The number of nitrogens with zero attached hydrogens (tertiary/aromatic N) is 2. The largest absolute Gasteiger partial charge is 0.318 e. The van der Waals surface area contributed by atoms with Gasteiger partial charge in [-0.3, -0.25) is 4.79 Å². The topological polar surface area (TPSA) is 46.4 Å². The normalized spacial score (nSPS) is 11.3. The van der Waals surface area contributed by atoms with Crippen molar-refractivity contribution in [2.75, 3.05) is 0 Å². The minimum Gasteiger partial charge on any atom is -0.318 e. The molecular weight excluding hydrogens is 358 g/mol. The maximum Gasteiger partial charge on any atom is 0.271 e. The lowest BCUT2D eigenvalue weighted by Crippen LogP contribution is -2.18. The van der Waals surface area contributed by atoms with E-state index in [0.29, 0.717) is 5.56 Å². The standard InChI is InChI=1S/C25H23N3O/c1-17-11-13-22(14-12-17)28-18(2)15-21(19(28)3)16-26-27-25(29)24-10-6-8-20-7-4-5-9-23(20)24/h4-16H,1-3H3,(H,27,29)/b26-16-. The number of hydrazone groups is 1. The predicted octanol–water partition coefficient (Wildman–Crippen LogP) is 5.32. The molecule has 0 saturated heterocycles. The molecule has 29 heavy (non-hydrogen) atoms. The Hall–Kier alpha value is -3.66. The minimum atomic E-state index is -0.217. The number of hydrogen-bond acceptors (Lipinski definition) is 2. The lowest BCUT2D eigenvalue weighted by Gasteiger charge is -2.09. The number of hydrogen-bond donors (Lipinski definition) is 1. The first kappa shape index (κ1) is 18.7. The number of aromatic nitrogens is 1.